The number of carboxylic acids is 1. The number of allylic oxidation sites excluding steroid dienone is 1. The molecule has 1 aliphatic rings. The number of amides is 1. The van der Waals surface area contributed by atoms with Gasteiger partial charge in [-0.3, -0.25) is 14.4 Å². The lowest BCUT2D eigenvalue weighted by atomic mass is 9.84. The molecule has 1 amide bonds. The van der Waals surface area contributed by atoms with Crippen molar-refractivity contribution in [2.45, 2.75) is 44.4 Å². The predicted octanol–water partition coefficient (Wildman–Crippen LogP) is 4.83. The summed E-state index contributed by atoms with van der Waals surface area (Å²) in [6, 6.07) is 14.8. The van der Waals surface area contributed by atoms with E-state index in [0.717, 1.165) is 5.56 Å². The summed E-state index contributed by atoms with van der Waals surface area (Å²) >= 11 is 0. The Morgan fingerprint density at radius 3 is 2.17 bits per heavy atom. The van der Waals surface area contributed by atoms with Crippen molar-refractivity contribution in [3.05, 3.63) is 76.9 Å². The molecule has 0 saturated heterocycles. The fourth-order valence-electron chi connectivity index (χ4n) is 3.75. The first-order valence-electron chi connectivity index (χ1n) is 10.5. The van der Waals surface area contributed by atoms with E-state index in [1.807, 2.05) is 12.1 Å². The Morgan fingerprint density at radius 1 is 0.900 bits per heavy atom. The zero-order valence-electron chi connectivity index (χ0n) is 17.0. The SMILES string of the molecule is O=C(O)CCNC(=O)c1ccc(C=CC(=O)c2ccc(C3CCCCC3)cc2)cc1. The van der Waals surface area contributed by atoms with Crippen molar-refractivity contribution in [1.82, 2.24) is 5.32 Å². The Morgan fingerprint density at radius 2 is 1.53 bits per heavy atom. The number of carboxylic acid groups (broad SMARTS) is 1. The highest BCUT2D eigenvalue weighted by molar-refractivity contribution is 6.06. The Balaban J connectivity index is 1.55. The van der Waals surface area contributed by atoms with Crippen LogP contribution in [0.25, 0.3) is 6.08 Å². The quantitative estimate of drug-likeness (QED) is 0.486. The predicted molar refractivity (Wildman–Crippen MR) is 117 cm³/mol. The van der Waals surface area contributed by atoms with Crippen LogP contribution in [0.5, 0.6) is 0 Å². The van der Waals surface area contributed by atoms with Gasteiger partial charge >= 0.3 is 5.97 Å². The van der Waals surface area contributed by atoms with Crippen LogP contribution in [0, 0.1) is 0 Å². The Hall–Kier alpha value is -3.21. The maximum Gasteiger partial charge on any atom is 0.305 e. The van der Waals surface area contributed by atoms with Crippen molar-refractivity contribution in [2.24, 2.45) is 0 Å². The van der Waals surface area contributed by atoms with Crippen molar-refractivity contribution in [3.8, 4) is 0 Å². The molecule has 30 heavy (non-hydrogen) atoms. The van der Waals surface area contributed by atoms with Gasteiger partial charge in [-0.15, -0.1) is 0 Å². The fraction of sp³-hybridized carbons (Fsp3) is 0.320. The summed E-state index contributed by atoms with van der Waals surface area (Å²) < 4.78 is 0. The number of benzene rings is 2. The van der Waals surface area contributed by atoms with Crippen LogP contribution in [0.2, 0.25) is 0 Å². The maximum absolute atomic E-state index is 12.5. The summed E-state index contributed by atoms with van der Waals surface area (Å²) in [5.41, 5.74) is 3.25. The third-order valence-corrected chi connectivity index (χ3v) is 5.50. The summed E-state index contributed by atoms with van der Waals surface area (Å²) in [4.78, 5) is 34.9. The first kappa shape index (κ1) is 21.5. The van der Waals surface area contributed by atoms with E-state index in [1.54, 1.807) is 30.3 Å². The Bertz CT molecular complexity index is 907. The monoisotopic (exact) mass is 405 g/mol. The van der Waals surface area contributed by atoms with Crippen LogP contribution in [-0.2, 0) is 4.79 Å². The largest absolute Gasteiger partial charge is 0.481 e. The number of aliphatic carboxylic acids is 1. The van der Waals surface area contributed by atoms with Crippen molar-refractivity contribution in [1.29, 1.82) is 0 Å². The van der Waals surface area contributed by atoms with Gasteiger partial charge < -0.3 is 10.4 Å². The summed E-state index contributed by atoms with van der Waals surface area (Å²) in [5, 5.41) is 11.2. The van der Waals surface area contributed by atoms with E-state index in [0.29, 0.717) is 17.0 Å². The fourth-order valence-corrected chi connectivity index (χ4v) is 3.75. The smallest absolute Gasteiger partial charge is 0.305 e. The van der Waals surface area contributed by atoms with Gasteiger partial charge in [0.2, 0.25) is 0 Å². The van der Waals surface area contributed by atoms with E-state index in [9.17, 15) is 14.4 Å². The van der Waals surface area contributed by atoms with E-state index in [2.05, 4.69) is 17.4 Å². The number of carbonyl (C=O) groups excluding carboxylic acids is 2. The van der Waals surface area contributed by atoms with Crippen molar-refractivity contribution >= 4 is 23.7 Å². The first-order chi connectivity index (χ1) is 14.5. The highest BCUT2D eigenvalue weighted by Gasteiger charge is 2.15. The third-order valence-electron chi connectivity index (χ3n) is 5.50. The van der Waals surface area contributed by atoms with Gasteiger partial charge in [-0.25, -0.2) is 0 Å². The van der Waals surface area contributed by atoms with Crippen LogP contribution in [0.4, 0.5) is 0 Å². The molecule has 0 heterocycles. The molecule has 0 spiro atoms. The molecule has 0 radical (unpaired) electrons. The Kier molecular flexibility index (Phi) is 7.55. The minimum atomic E-state index is -0.955. The highest BCUT2D eigenvalue weighted by Crippen LogP contribution is 2.32. The van der Waals surface area contributed by atoms with Crippen molar-refractivity contribution in [2.75, 3.05) is 6.54 Å². The number of carbonyl (C=O) groups is 3. The van der Waals surface area contributed by atoms with Gasteiger partial charge in [0, 0.05) is 17.7 Å². The molecule has 0 aromatic heterocycles. The van der Waals surface area contributed by atoms with Crippen LogP contribution < -0.4 is 5.32 Å². The van der Waals surface area contributed by atoms with Gasteiger partial charge in [-0.2, -0.15) is 0 Å². The van der Waals surface area contributed by atoms with E-state index in [-0.39, 0.29) is 24.7 Å². The average Bonchev–Trinajstić information content (AvgIpc) is 2.78. The van der Waals surface area contributed by atoms with Gasteiger partial charge in [0.05, 0.1) is 6.42 Å². The molecule has 1 saturated carbocycles. The maximum atomic E-state index is 12.5. The number of ketones is 1. The molecule has 2 N–H and O–H groups in total. The summed E-state index contributed by atoms with van der Waals surface area (Å²) in [6.07, 6.45) is 9.53. The van der Waals surface area contributed by atoms with Crippen molar-refractivity contribution in [3.63, 3.8) is 0 Å². The molecule has 5 heteroatoms. The van der Waals surface area contributed by atoms with Gasteiger partial charge in [0.15, 0.2) is 5.78 Å². The van der Waals surface area contributed by atoms with E-state index < -0.39 is 5.97 Å². The molecule has 0 aliphatic heterocycles. The highest BCUT2D eigenvalue weighted by atomic mass is 16.4. The molecular weight excluding hydrogens is 378 g/mol. The second-order valence-corrected chi connectivity index (χ2v) is 7.68. The van der Waals surface area contributed by atoms with Gasteiger partial charge in [0.25, 0.3) is 5.91 Å². The zero-order valence-corrected chi connectivity index (χ0v) is 17.0. The van der Waals surface area contributed by atoms with Gasteiger partial charge in [-0.05, 0) is 48.1 Å². The van der Waals surface area contributed by atoms with Crippen LogP contribution in [0.1, 0.15) is 76.3 Å². The molecule has 1 aliphatic carbocycles. The summed E-state index contributed by atoms with van der Waals surface area (Å²) in [5.74, 6) is -0.705. The van der Waals surface area contributed by atoms with Crippen LogP contribution in [-0.4, -0.2) is 29.3 Å². The standard InChI is InChI=1S/C25H27NO4/c27-23(21-13-11-20(12-14-21)19-4-2-1-3-5-19)15-8-18-6-9-22(10-7-18)25(30)26-17-16-24(28)29/h6-15,19H,1-5,16-17H2,(H,26,30)(H,28,29). The van der Waals surface area contributed by atoms with Gasteiger partial charge in [-0.1, -0.05) is 61.7 Å². The summed E-state index contributed by atoms with van der Waals surface area (Å²) in [6.45, 7) is 0.0872. The number of rotatable bonds is 8. The van der Waals surface area contributed by atoms with E-state index in [4.69, 9.17) is 5.11 Å². The second-order valence-electron chi connectivity index (χ2n) is 7.68. The van der Waals surface area contributed by atoms with Crippen LogP contribution >= 0.6 is 0 Å². The lowest BCUT2D eigenvalue weighted by Gasteiger charge is -2.21. The van der Waals surface area contributed by atoms with E-state index >= 15 is 0 Å². The molecule has 2 aromatic rings. The molecule has 0 unspecified atom stereocenters. The molecule has 1 fully saturated rings. The van der Waals surface area contributed by atoms with Crippen molar-refractivity contribution < 1.29 is 19.5 Å². The molecular formula is C25H27NO4. The lowest BCUT2D eigenvalue weighted by Crippen LogP contribution is -2.25. The molecule has 0 atom stereocenters. The van der Waals surface area contributed by atoms with E-state index in [1.165, 1.54) is 43.7 Å². The average molecular weight is 405 g/mol. The molecule has 156 valence electrons. The normalized spacial score (nSPS) is 14.5. The van der Waals surface area contributed by atoms with Crippen LogP contribution in [0.15, 0.2) is 54.6 Å². The lowest BCUT2D eigenvalue weighted by molar-refractivity contribution is -0.136. The first-order valence-corrected chi connectivity index (χ1v) is 10.5. The summed E-state index contributed by atoms with van der Waals surface area (Å²) in [7, 11) is 0. The minimum absolute atomic E-state index is 0.0549. The molecule has 2 aromatic carbocycles. The minimum Gasteiger partial charge on any atom is -0.481 e. The number of hydrogen-bond acceptors (Lipinski definition) is 3. The number of hydrogen-bond donors (Lipinski definition) is 2. The second kappa shape index (κ2) is 10.5. The van der Waals surface area contributed by atoms with Crippen LogP contribution in [0.3, 0.4) is 0 Å². The molecule has 5 nitrogen and oxygen atoms in total. The molecule has 0 bridgehead atoms. The van der Waals surface area contributed by atoms with Gasteiger partial charge in [0.1, 0.15) is 0 Å². The number of nitrogens with one attached hydrogen (secondary N) is 1. The zero-order chi connectivity index (χ0) is 21.3. The Labute approximate surface area is 176 Å². The molecule has 3 rings (SSSR count). The third kappa shape index (κ3) is 6.14. The topological polar surface area (TPSA) is 83.5 Å².